The van der Waals surface area contributed by atoms with Gasteiger partial charge in [-0.25, -0.2) is 4.98 Å². The monoisotopic (exact) mass is 297 g/mol. The summed E-state index contributed by atoms with van der Waals surface area (Å²) in [7, 11) is 0. The molecule has 0 saturated heterocycles. The van der Waals surface area contributed by atoms with Gasteiger partial charge in [0, 0.05) is 11.3 Å². The van der Waals surface area contributed by atoms with Crippen LogP contribution in [0.25, 0.3) is 11.1 Å². The van der Waals surface area contributed by atoms with Gasteiger partial charge in [-0.05, 0) is 22.6 Å². The molecule has 0 radical (unpaired) electrons. The lowest BCUT2D eigenvalue weighted by molar-refractivity contribution is -0.114. The molecule has 0 saturated carbocycles. The predicted molar refractivity (Wildman–Crippen MR) is 79.2 cm³/mol. The number of carbonyl (C=O) groups excluding carboxylic acids is 2. The van der Waals surface area contributed by atoms with Crippen LogP contribution in [0.15, 0.2) is 48.1 Å². The highest BCUT2D eigenvalue weighted by atomic mass is 32.1. The molecule has 6 heteroatoms. The Morgan fingerprint density at radius 1 is 1.14 bits per heavy atom. The highest BCUT2D eigenvalue weighted by Gasteiger charge is 2.21. The minimum Gasteiger partial charge on any atom is -0.290 e. The quantitative estimate of drug-likeness (QED) is 0.580. The Labute approximate surface area is 124 Å². The van der Waals surface area contributed by atoms with Crippen molar-refractivity contribution < 1.29 is 9.59 Å². The van der Waals surface area contributed by atoms with Crippen LogP contribution in [0.4, 0.5) is 0 Å². The van der Waals surface area contributed by atoms with Crippen LogP contribution in [0.2, 0.25) is 0 Å². The molecule has 0 amide bonds. The Morgan fingerprint density at radius 2 is 1.95 bits per heavy atom. The Kier molecular flexibility index (Phi) is 3.70. The number of thiophene rings is 1. The number of benzene rings is 1. The van der Waals surface area contributed by atoms with Crippen LogP contribution >= 0.6 is 11.3 Å². The fourth-order valence-corrected chi connectivity index (χ4v) is 2.92. The summed E-state index contributed by atoms with van der Waals surface area (Å²) in [6, 6.07) is 11.7. The maximum Gasteiger partial charge on any atom is 0.265 e. The summed E-state index contributed by atoms with van der Waals surface area (Å²) in [6.45, 7) is 0. The lowest BCUT2D eigenvalue weighted by atomic mass is 10.0. The molecule has 0 atom stereocenters. The van der Waals surface area contributed by atoms with Crippen molar-refractivity contribution in [1.82, 2.24) is 15.2 Å². The number of carbonyl (C=O) groups is 2. The van der Waals surface area contributed by atoms with Crippen molar-refractivity contribution in [2.24, 2.45) is 0 Å². The summed E-state index contributed by atoms with van der Waals surface area (Å²) in [5.41, 5.74) is 2.02. The fraction of sp³-hybridized carbons (Fsp3) is 0.0667. The molecule has 1 aromatic carbocycles. The molecular formula is C15H11N3O2S. The van der Waals surface area contributed by atoms with E-state index >= 15 is 0 Å². The molecule has 21 heavy (non-hydrogen) atoms. The largest absolute Gasteiger partial charge is 0.290 e. The number of H-pyrrole nitrogens is 1. The number of ketones is 2. The van der Waals surface area contributed by atoms with Gasteiger partial charge < -0.3 is 0 Å². The second-order valence-corrected chi connectivity index (χ2v) is 5.39. The van der Waals surface area contributed by atoms with Crippen LogP contribution in [0, 0.1) is 0 Å². The van der Waals surface area contributed by atoms with E-state index in [4.69, 9.17) is 0 Å². The average molecular weight is 297 g/mol. The Morgan fingerprint density at radius 3 is 2.67 bits per heavy atom. The number of nitrogens with zero attached hydrogens (tertiary/aromatic N) is 2. The van der Waals surface area contributed by atoms with Crippen LogP contribution in [-0.4, -0.2) is 26.7 Å². The van der Waals surface area contributed by atoms with E-state index < -0.39 is 11.6 Å². The van der Waals surface area contributed by atoms with Gasteiger partial charge in [0.25, 0.3) is 5.78 Å². The SMILES string of the molecule is O=C(Cc1sccc1-c1ccccc1)C(=O)c1ncn[nH]1. The van der Waals surface area contributed by atoms with Crippen molar-refractivity contribution in [2.75, 3.05) is 0 Å². The molecule has 0 aliphatic rings. The van der Waals surface area contributed by atoms with Crippen LogP contribution < -0.4 is 0 Å². The first kappa shape index (κ1) is 13.4. The fourth-order valence-electron chi connectivity index (χ4n) is 2.03. The van der Waals surface area contributed by atoms with Gasteiger partial charge in [0.15, 0.2) is 5.82 Å². The van der Waals surface area contributed by atoms with Crippen molar-refractivity contribution in [3.8, 4) is 11.1 Å². The van der Waals surface area contributed by atoms with Gasteiger partial charge in [0.2, 0.25) is 5.78 Å². The van der Waals surface area contributed by atoms with E-state index in [1.54, 1.807) is 0 Å². The normalized spacial score (nSPS) is 10.5. The first-order valence-corrected chi connectivity index (χ1v) is 7.18. The molecule has 0 aliphatic heterocycles. The predicted octanol–water partition coefficient (Wildman–Crippen LogP) is 2.53. The molecule has 104 valence electrons. The van der Waals surface area contributed by atoms with E-state index in [2.05, 4.69) is 15.2 Å². The van der Waals surface area contributed by atoms with Crippen LogP contribution in [0.1, 0.15) is 15.5 Å². The standard InChI is InChI=1S/C15H11N3O2S/c19-12(14(20)15-16-9-17-18-15)8-13-11(6-7-21-13)10-4-2-1-3-5-10/h1-7,9H,8H2,(H,16,17,18). The number of rotatable bonds is 5. The summed E-state index contributed by atoms with van der Waals surface area (Å²) in [6.07, 6.45) is 1.28. The zero-order valence-corrected chi connectivity index (χ0v) is 11.8. The number of hydrogen-bond donors (Lipinski definition) is 1. The summed E-state index contributed by atoms with van der Waals surface area (Å²) in [5, 5.41) is 7.92. The number of aromatic nitrogens is 3. The number of aromatic amines is 1. The summed E-state index contributed by atoms with van der Waals surface area (Å²) < 4.78 is 0. The van der Waals surface area contributed by atoms with E-state index in [0.29, 0.717) is 0 Å². The Bertz CT molecular complexity index is 763. The number of hydrogen-bond acceptors (Lipinski definition) is 5. The van der Waals surface area contributed by atoms with Gasteiger partial charge in [0.05, 0.1) is 0 Å². The topological polar surface area (TPSA) is 75.7 Å². The van der Waals surface area contributed by atoms with Crippen molar-refractivity contribution in [2.45, 2.75) is 6.42 Å². The van der Waals surface area contributed by atoms with Gasteiger partial charge >= 0.3 is 0 Å². The van der Waals surface area contributed by atoms with Crippen LogP contribution in [0.3, 0.4) is 0 Å². The van der Waals surface area contributed by atoms with Gasteiger partial charge in [0.1, 0.15) is 6.33 Å². The lowest BCUT2D eigenvalue weighted by Gasteiger charge is -2.02. The molecule has 0 bridgehead atoms. The molecule has 0 unspecified atom stereocenters. The van der Waals surface area contributed by atoms with E-state index in [-0.39, 0.29) is 12.2 Å². The third-order valence-electron chi connectivity index (χ3n) is 3.03. The van der Waals surface area contributed by atoms with E-state index in [0.717, 1.165) is 16.0 Å². The van der Waals surface area contributed by atoms with E-state index in [1.165, 1.54) is 17.7 Å². The highest BCUT2D eigenvalue weighted by Crippen LogP contribution is 2.28. The maximum absolute atomic E-state index is 12.1. The Balaban J connectivity index is 1.82. The zero-order valence-electron chi connectivity index (χ0n) is 10.9. The molecule has 3 aromatic rings. The minimum absolute atomic E-state index is 0.0159. The molecule has 5 nitrogen and oxygen atoms in total. The maximum atomic E-state index is 12.1. The summed E-state index contributed by atoms with van der Waals surface area (Å²) >= 11 is 1.47. The van der Waals surface area contributed by atoms with Crippen molar-refractivity contribution >= 4 is 22.9 Å². The van der Waals surface area contributed by atoms with Crippen LogP contribution in [-0.2, 0) is 11.2 Å². The van der Waals surface area contributed by atoms with Gasteiger partial charge in [-0.1, -0.05) is 30.3 Å². The third-order valence-corrected chi connectivity index (χ3v) is 3.96. The molecule has 0 fully saturated rings. The first-order chi connectivity index (χ1) is 10.3. The van der Waals surface area contributed by atoms with Gasteiger partial charge in [-0.2, -0.15) is 5.10 Å². The van der Waals surface area contributed by atoms with Crippen LogP contribution in [0.5, 0.6) is 0 Å². The van der Waals surface area contributed by atoms with Gasteiger partial charge in [-0.15, -0.1) is 11.3 Å². The van der Waals surface area contributed by atoms with Crippen molar-refractivity contribution in [1.29, 1.82) is 0 Å². The zero-order chi connectivity index (χ0) is 14.7. The van der Waals surface area contributed by atoms with Crippen molar-refractivity contribution in [3.05, 3.63) is 58.8 Å². The highest BCUT2D eigenvalue weighted by molar-refractivity contribution is 7.10. The first-order valence-electron chi connectivity index (χ1n) is 6.30. The second-order valence-electron chi connectivity index (χ2n) is 4.39. The van der Waals surface area contributed by atoms with E-state index in [1.807, 2.05) is 41.8 Å². The minimum atomic E-state index is -0.639. The number of nitrogens with one attached hydrogen (secondary N) is 1. The molecule has 0 spiro atoms. The smallest absolute Gasteiger partial charge is 0.265 e. The molecule has 2 heterocycles. The Hall–Kier alpha value is -2.60. The molecule has 3 rings (SSSR count). The molecular weight excluding hydrogens is 286 g/mol. The molecule has 0 aliphatic carbocycles. The second kappa shape index (κ2) is 5.80. The lowest BCUT2D eigenvalue weighted by Crippen LogP contribution is -2.17. The molecule has 2 aromatic heterocycles. The summed E-state index contributed by atoms with van der Waals surface area (Å²) in [4.78, 5) is 28.6. The average Bonchev–Trinajstić information content (AvgIpc) is 3.19. The molecule has 1 N–H and O–H groups in total. The number of Topliss-reactive ketones (excluding diaryl/α,β-unsaturated/α-hetero) is 2. The summed E-state index contributed by atoms with van der Waals surface area (Å²) in [5.74, 6) is -1.15. The van der Waals surface area contributed by atoms with E-state index in [9.17, 15) is 9.59 Å². The third kappa shape index (κ3) is 2.80. The van der Waals surface area contributed by atoms with Gasteiger partial charge in [-0.3, -0.25) is 14.7 Å². The van der Waals surface area contributed by atoms with Crippen molar-refractivity contribution in [3.63, 3.8) is 0 Å².